The molecule has 0 aliphatic carbocycles. The zero-order valence-electron chi connectivity index (χ0n) is 7.77. The normalized spacial score (nSPS) is 10.9. The van der Waals surface area contributed by atoms with E-state index >= 15 is 0 Å². The van der Waals surface area contributed by atoms with E-state index in [0.717, 1.165) is 15.4 Å². The highest BCUT2D eigenvalue weighted by Crippen LogP contribution is 2.30. The third kappa shape index (κ3) is 1.64. The summed E-state index contributed by atoms with van der Waals surface area (Å²) in [6.07, 6.45) is 0. The molecule has 0 aliphatic heterocycles. The lowest BCUT2D eigenvalue weighted by Crippen LogP contribution is -1.97. The number of H-pyrrole nitrogens is 1. The van der Waals surface area contributed by atoms with Crippen LogP contribution in [-0.2, 0) is 0 Å². The Morgan fingerprint density at radius 2 is 2.20 bits per heavy atom. The molecule has 0 aliphatic rings. The number of carboxylic acids is 1. The number of nitrogens with one attached hydrogen (secondary N) is 1. The first kappa shape index (κ1) is 10.5. The number of aromatic amines is 1. The van der Waals surface area contributed by atoms with Crippen LogP contribution < -0.4 is 0 Å². The minimum absolute atomic E-state index is 0.208. The van der Waals surface area contributed by atoms with Gasteiger partial charge in [0.1, 0.15) is 5.69 Å². The average Bonchev–Trinajstić information content (AvgIpc) is 2.46. The lowest BCUT2D eigenvalue weighted by molar-refractivity contribution is 0.0691. The van der Waals surface area contributed by atoms with Crippen molar-refractivity contribution in [1.82, 2.24) is 4.98 Å². The van der Waals surface area contributed by atoms with Gasteiger partial charge in [-0.2, -0.15) is 0 Å². The van der Waals surface area contributed by atoms with Crippen LogP contribution in [0.1, 0.15) is 16.1 Å². The zero-order chi connectivity index (χ0) is 11.2. The summed E-state index contributed by atoms with van der Waals surface area (Å²) in [4.78, 5) is 13.7. The third-order valence-electron chi connectivity index (χ3n) is 2.31. The predicted octanol–water partition coefficient (Wildman–Crippen LogP) is 3.59. The molecule has 78 valence electrons. The van der Waals surface area contributed by atoms with Crippen LogP contribution in [0.2, 0.25) is 5.02 Å². The summed E-state index contributed by atoms with van der Waals surface area (Å²) < 4.78 is 0.745. The van der Waals surface area contributed by atoms with Crippen molar-refractivity contribution in [3.8, 4) is 0 Å². The molecule has 1 aromatic heterocycles. The van der Waals surface area contributed by atoms with Gasteiger partial charge in [0.05, 0.1) is 5.02 Å². The van der Waals surface area contributed by atoms with Gasteiger partial charge in [-0.25, -0.2) is 4.79 Å². The van der Waals surface area contributed by atoms with E-state index in [1.807, 2.05) is 0 Å². The van der Waals surface area contributed by atoms with Crippen molar-refractivity contribution >= 4 is 44.4 Å². The third-order valence-corrected chi connectivity index (χ3v) is 3.51. The van der Waals surface area contributed by atoms with E-state index in [9.17, 15) is 4.79 Å². The first-order valence-corrected chi connectivity index (χ1v) is 5.38. The monoisotopic (exact) mass is 287 g/mol. The zero-order valence-corrected chi connectivity index (χ0v) is 10.1. The molecule has 0 saturated heterocycles. The molecule has 0 bridgehead atoms. The maximum absolute atomic E-state index is 10.9. The summed E-state index contributed by atoms with van der Waals surface area (Å²) in [5.74, 6) is -0.962. The fourth-order valence-electron chi connectivity index (χ4n) is 1.54. The Labute approximate surface area is 99.2 Å². The number of rotatable bonds is 1. The van der Waals surface area contributed by atoms with E-state index < -0.39 is 5.97 Å². The molecule has 1 heterocycles. The molecule has 2 N–H and O–H groups in total. The standard InChI is InChI=1S/C10H7BrClNO2/c1-4-5-2-7(12)6(11)3-8(5)13-9(4)10(14)15/h2-3,13H,1H3,(H,14,15). The molecule has 0 spiro atoms. The Bertz CT molecular complexity index is 562. The number of benzene rings is 1. The molecule has 0 fully saturated rings. The molecule has 2 rings (SSSR count). The summed E-state index contributed by atoms with van der Waals surface area (Å²) in [5.41, 5.74) is 1.67. The van der Waals surface area contributed by atoms with Crippen LogP contribution in [0.15, 0.2) is 16.6 Å². The van der Waals surface area contributed by atoms with Crippen molar-refractivity contribution in [2.24, 2.45) is 0 Å². The lowest BCUT2D eigenvalue weighted by Gasteiger charge is -1.96. The molecule has 0 amide bonds. The van der Waals surface area contributed by atoms with Gasteiger partial charge in [-0.15, -0.1) is 0 Å². The summed E-state index contributed by atoms with van der Waals surface area (Å²) in [6, 6.07) is 3.52. The van der Waals surface area contributed by atoms with Gasteiger partial charge in [-0.1, -0.05) is 11.6 Å². The maximum Gasteiger partial charge on any atom is 0.352 e. The fourth-order valence-corrected chi connectivity index (χ4v) is 2.04. The molecule has 5 heteroatoms. The van der Waals surface area contributed by atoms with Crippen LogP contribution in [0.3, 0.4) is 0 Å². The van der Waals surface area contributed by atoms with E-state index in [-0.39, 0.29) is 5.69 Å². The number of aromatic carboxylic acids is 1. The van der Waals surface area contributed by atoms with Crippen molar-refractivity contribution in [1.29, 1.82) is 0 Å². The number of aromatic nitrogens is 1. The van der Waals surface area contributed by atoms with E-state index in [2.05, 4.69) is 20.9 Å². The maximum atomic E-state index is 10.9. The Kier molecular flexibility index (Phi) is 2.48. The largest absolute Gasteiger partial charge is 0.477 e. The number of hydrogen-bond acceptors (Lipinski definition) is 1. The van der Waals surface area contributed by atoms with Gasteiger partial charge in [-0.05, 0) is 40.5 Å². The highest BCUT2D eigenvalue weighted by atomic mass is 79.9. The van der Waals surface area contributed by atoms with Crippen LogP contribution in [-0.4, -0.2) is 16.1 Å². The number of hydrogen-bond donors (Lipinski definition) is 2. The molecule has 0 unspecified atom stereocenters. The molecule has 15 heavy (non-hydrogen) atoms. The van der Waals surface area contributed by atoms with Crippen LogP contribution in [0.4, 0.5) is 0 Å². The molecule has 0 radical (unpaired) electrons. The van der Waals surface area contributed by atoms with Crippen LogP contribution in [0, 0.1) is 6.92 Å². The van der Waals surface area contributed by atoms with Gasteiger partial charge >= 0.3 is 5.97 Å². The Morgan fingerprint density at radius 1 is 1.53 bits per heavy atom. The second-order valence-corrected chi connectivity index (χ2v) is 4.50. The summed E-state index contributed by atoms with van der Waals surface area (Å²) in [5, 5.41) is 10.3. The molecule has 0 saturated carbocycles. The lowest BCUT2D eigenvalue weighted by atomic mass is 10.1. The summed E-state index contributed by atoms with van der Waals surface area (Å²) >= 11 is 9.23. The van der Waals surface area contributed by atoms with Gasteiger partial charge < -0.3 is 10.1 Å². The predicted molar refractivity (Wildman–Crippen MR) is 62.7 cm³/mol. The number of aryl methyl sites for hydroxylation is 1. The summed E-state index contributed by atoms with van der Waals surface area (Å²) in [6.45, 7) is 1.76. The number of carboxylic acid groups (broad SMARTS) is 1. The number of halogens is 2. The smallest absolute Gasteiger partial charge is 0.352 e. The van der Waals surface area contributed by atoms with Crippen LogP contribution in [0.5, 0.6) is 0 Å². The minimum Gasteiger partial charge on any atom is -0.477 e. The first-order chi connectivity index (χ1) is 7.00. The quantitative estimate of drug-likeness (QED) is 0.842. The molecular weight excluding hydrogens is 281 g/mol. The SMILES string of the molecule is Cc1c(C(=O)O)[nH]c2cc(Br)c(Cl)cc12. The van der Waals surface area contributed by atoms with Crippen molar-refractivity contribution in [2.45, 2.75) is 6.92 Å². The van der Waals surface area contributed by atoms with Gasteiger partial charge in [0, 0.05) is 15.4 Å². The molecule has 2 aromatic rings. The molecule has 3 nitrogen and oxygen atoms in total. The molecular formula is C10H7BrClNO2. The molecule has 0 atom stereocenters. The topological polar surface area (TPSA) is 53.1 Å². The van der Waals surface area contributed by atoms with E-state index in [1.165, 1.54) is 0 Å². The van der Waals surface area contributed by atoms with Gasteiger partial charge in [0.15, 0.2) is 0 Å². The Morgan fingerprint density at radius 3 is 2.80 bits per heavy atom. The van der Waals surface area contributed by atoms with Gasteiger partial charge in [0.25, 0.3) is 0 Å². The second kappa shape index (κ2) is 3.54. The first-order valence-electron chi connectivity index (χ1n) is 4.21. The van der Waals surface area contributed by atoms with Crippen molar-refractivity contribution in [2.75, 3.05) is 0 Å². The Hall–Kier alpha value is -1.000. The van der Waals surface area contributed by atoms with E-state index in [1.54, 1.807) is 19.1 Å². The number of fused-ring (bicyclic) bond motifs is 1. The fraction of sp³-hybridized carbons (Fsp3) is 0.100. The minimum atomic E-state index is -0.962. The van der Waals surface area contributed by atoms with E-state index in [4.69, 9.17) is 16.7 Å². The van der Waals surface area contributed by atoms with Crippen LogP contribution >= 0.6 is 27.5 Å². The second-order valence-electron chi connectivity index (χ2n) is 3.24. The average molecular weight is 289 g/mol. The van der Waals surface area contributed by atoms with Crippen molar-refractivity contribution < 1.29 is 9.90 Å². The van der Waals surface area contributed by atoms with Gasteiger partial charge in [-0.3, -0.25) is 0 Å². The van der Waals surface area contributed by atoms with Gasteiger partial charge in [0.2, 0.25) is 0 Å². The molecule has 1 aromatic carbocycles. The van der Waals surface area contributed by atoms with Crippen molar-refractivity contribution in [3.63, 3.8) is 0 Å². The number of carbonyl (C=O) groups is 1. The summed E-state index contributed by atoms with van der Waals surface area (Å²) in [7, 11) is 0. The van der Waals surface area contributed by atoms with Crippen LogP contribution in [0.25, 0.3) is 10.9 Å². The highest BCUT2D eigenvalue weighted by molar-refractivity contribution is 9.10. The van der Waals surface area contributed by atoms with Crippen molar-refractivity contribution in [3.05, 3.63) is 32.9 Å². The van der Waals surface area contributed by atoms with E-state index in [0.29, 0.717) is 10.6 Å². The Balaban J connectivity index is 2.83. The highest BCUT2D eigenvalue weighted by Gasteiger charge is 2.14.